The molecule has 2 aromatic heterocycles. The molecule has 2 heterocycles. The number of hydrogen-bond acceptors (Lipinski definition) is 7. The molecule has 0 amide bonds. The first-order valence-corrected chi connectivity index (χ1v) is 11.4. The summed E-state index contributed by atoms with van der Waals surface area (Å²) in [5, 5.41) is 1.83. The number of aromatic nitrogens is 3. The van der Waals surface area contributed by atoms with Crippen molar-refractivity contribution in [3.63, 3.8) is 0 Å². The standard InChI is InChI=1S/C17H16Cl2N4O3S2/c1-25-10-6-11(26-2)14(19)12(13(10)18)9-5-8-7-20-17(27-3)22-15(8)16(21-9)23-28(4)24/h5-7H,1-4H3,(H,21,23). The van der Waals surface area contributed by atoms with Crippen molar-refractivity contribution in [1.82, 2.24) is 15.0 Å². The Balaban J connectivity index is 2.34. The first-order chi connectivity index (χ1) is 13.4. The van der Waals surface area contributed by atoms with E-state index in [1.54, 1.807) is 18.3 Å². The third-order valence-corrected chi connectivity index (χ3v) is 5.59. The van der Waals surface area contributed by atoms with Crippen LogP contribution in [0, 0.1) is 0 Å². The molecule has 0 aliphatic carbocycles. The Kier molecular flexibility index (Phi) is 6.49. The van der Waals surface area contributed by atoms with E-state index in [-0.39, 0.29) is 10.0 Å². The predicted octanol–water partition coefficient (Wildman–Crippen LogP) is 4.44. The average Bonchev–Trinajstić information content (AvgIpc) is 2.67. The fourth-order valence-electron chi connectivity index (χ4n) is 2.57. The Hall–Kier alpha value is -1.81. The summed E-state index contributed by atoms with van der Waals surface area (Å²) in [4.78, 5) is 13.3. The van der Waals surface area contributed by atoms with E-state index in [0.717, 1.165) is 0 Å². The molecule has 1 aromatic carbocycles. The highest BCUT2D eigenvalue weighted by Crippen LogP contribution is 2.46. The molecule has 0 aliphatic rings. The molecule has 3 rings (SSSR count). The summed E-state index contributed by atoms with van der Waals surface area (Å²) in [6.07, 6.45) is 5.05. The second-order valence-corrected chi connectivity index (χ2v) is 8.13. The van der Waals surface area contributed by atoms with Gasteiger partial charge in [0.05, 0.1) is 30.0 Å². The van der Waals surface area contributed by atoms with Crippen LogP contribution < -0.4 is 14.2 Å². The average molecular weight is 459 g/mol. The van der Waals surface area contributed by atoms with Crippen molar-refractivity contribution >= 4 is 62.7 Å². The number of methoxy groups -OCH3 is 2. The fraction of sp³-hybridized carbons (Fsp3) is 0.235. The zero-order chi connectivity index (χ0) is 20.4. The molecule has 0 spiro atoms. The van der Waals surface area contributed by atoms with E-state index in [0.29, 0.717) is 44.6 Å². The molecular weight excluding hydrogens is 443 g/mol. The lowest BCUT2D eigenvalue weighted by Crippen LogP contribution is -2.06. The van der Waals surface area contributed by atoms with E-state index < -0.39 is 11.0 Å². The minimum absolute atomic E-state index is 0.283. The zero-order valence-corrected chi connectivity index (χ0v) is 18.5. The van der Waals surface area contributed by atoms with Gasteiger partial charge in [-0.2, -0.15) is 0 Å². The Morgan fingerprint density at radius 3 is 2.29 bits per heavy atom. The number of rotatable bonds is 6. The summed E-state index contributed by atoms with van der Waals surface area (Å²) in [7, 11) is 1.63. The molecule has 0 saturated carbocycles. The van der Waals surface area contributed by atoms with Crippen LogP contribution in [0.25, 0.3) is 22.2 Å². The van der Waals surface area contributed by atoms with Crippen molar-refractivity contribution in [2.24, 2.45) is 0 Å². The van der Waals surface area contributed by atoms with E-state index >= 15 is 0 Å². The first kappa shape index (κ1) is 20.9. The second-order valence-electron chi connectivity index (χ2n) is 5.49. The quantitative estimate of drug-likeness (QED) is 0.431. The third-order valence-electron chi connectivity index (χ3n) is 3.80. The second kappa shape index (κ2) is 8.69. The van der Waals surface area contributed by atoms with Crippen molar-refractivity contribution < 1.29 is 13.7 Å². The lowest BCUT2D eigenvalue weighted by molar-refractivity contribution is 0.395. The van der Waals surface area contributed by atoms with E-state index in [2.05, 4.69) is 19.7 Å². The SMILES string of the molecule is COc1cc(OC)c(Cl)c(-c2cc3cnc(SC)nc3c(NS(C)=O)n2)c1Cl. The van der Waals surface area contributed by atoms with E-state index in [4.69, 9.17) is 32.7 Å². The molecule has 3 aromatic rings. The van der Waals surface area contributed by atoms with Gasteiger partial charge in [-0.1, -0.05) is 35.0 Å². The number of anilines is 1. The van der Waals surface area contributed by atoms with Gasteiger partial charge in [-0.25, -0.2) is 19.2 Å². The lowest BCUT2D eigenvalue weighted by Gasteiger charge is -2.16. The van der Waals surface area contributed by atoms with E-state index in [1.165, 1.54) is 32.2 Å². The van der Waals surface area contributed by atoms with Gasteiger partial charge in [0.1, 0.15) is 28.0 Å². The highest BCUT2D eigenvalue weighted by molar-refractivity contribution is 7.98. The van der Waals surface area contributed by atoms with E-state index in [1.807, 2.05) is 6.26 Å². The number of hydrogen-bond donors (Lipinski definition) is 1. The largest absolute Gasteiger partial charge is 0.495 e. The number of benzene rings is 1. The summed E-state index contributed by atoms with van der Waals surface area (Å²) >= 11 is 14.4. The molecule has 1 atom stereocenters. The van der Waals surface area contributed by atoms with Crippen LogP contribution in [0.15, 0.2) is 23.5 Å². The van der Waals surface area contributed by atoms with Crippen LogP contribution in [0.5, 0.6) is 11.5 Å². The highest BCUT2D eigenvalue weighted by Gasteiger charge is 2.21. The van der Waals surface area contributed by atoms with E-state index in [9.17, 15) is 4.21 Å². The maximum Gasteiger partial charge on any atom is 0.187 e. The van der Waals surface area contributed by atoms with Gasteiger partial charge in [-0.15, -0.1) is 0 Å². The summed E-state index contributed by atoms with van der Waals surface area (Å²) in [6, 6.07) is 3.36. The van der Waals surface area contributed by atoms with Crippen molar-refractivity contribution in [2.75, 3.05) is 31.5 Å². The molecule has 148 valence electrons. The minimum Gasteiger partial charge on any atom is -0.495 e. The Morgan fingerprint density at radius 2 is 1.75 bits per heavy atom. The maximum absolute atomic E-state index is 11.8. The van der Waals surface area contributed by atoms with Gasteiger partial charge in [-0.05, 0) is 12.3 Å². The molecule has 1 N–H and O–H groups in total. The minimum atomic E-state index is -1.36. The number of fused-ring (bicyclic) bond motifs is 1. The van der Waals surface area contributed by atoms with Crippen LogP contribution in [-0.2, 0) is 11.0 Å². The molecule has 7 nitrogen and oxygen atoms in total. The van der Waals surface area contributed by atoms with Crippen LogP contribution in [0.2, 0.25) is 10.0 Å². The summed E-state index contributed by atoms with van der Waals surface area (Å²) in [5.74, 6) is 1.12. The van der Waals surface area contributed by atoms with Crippen LogP contribution in [-0.4, -0.2) is 45.9 Å². The molecule has 0 fully saturated rings. The predicted molar refractivity (Wildman–Crippen MR) is 115 cm³/mol. The molecule has 0 radical (unpaired) electrons. The van der Waals surface area contributed by atoms with Crippen LogP contribution in [0.1, 0.15) is 0 Å². The number of halogens is 2. The van der Waals surface area contributed by atoms with Gasteiger partial charge in [0.15, 0.2) is 11.0 Å². The highest BCUT2D eigenvalue weighted by atomic mass is 35.5. The molecule has 1 unspecified atom stereocenters. The normalized spacial score (nSPS) is 12.1. The first-order valence-electron chi connectivity index (χ1n) is 7.81. The number of pyridine rings is 1. The number of nitrogens with zero attached hydrogens (tertiary/aromatic N) is 3. The number of nitrogens with one attached hydrogen (secondary N) is 1. The molecule has 0 saturated heterocycles. The Bertz CT molecular complexity index is 1050. The topological polar surface area (TPSA) is 86.2 Å². The van der Waals surface area contributed by atoms with Crippen LogP contribution in [0.4, 0.5) is 5.82 Å². The van der Waals surface area contributed by atoms with Crippen LogP contribution in [0.3, 0.4) is 0 Å². The van der Waals surface area contributed by atoms with Crippen LogP contribution >= 0.6 is 35.0 Å². The molecule has 0 aliphatic heterocycles. The van der Waals surface area contributed by atoms with Gasteiger partial charge in [0.2, 0.25) is 0 Å². The summed E-state index contributed by atoms with van der Waals surface area (Å²) in [6.45, 7) is 0. The smallest absolute Gasteiger partial charge is 0.187 e. The molecule has 28 heavy (non-hydrogen) atoms. The number of ether oxygens (including phenoxy) is 2. The van der Waals surface area contributed by atoms with Crippen molar-refractivity contribution in [3.8, 4) is 22.8 Å². The maximum atomic E-state index is 11.8. The molecule has 11 heteroatoms. The fourth-order valence-corrected chi connectivity index (χ4v) is 4.02. The zero-order valence-electron chi connectivity index (χ0n) is 15.4. The summed E-state index contributed by atoms with van der Waals surface area (Å²) < 4.78 is 25.3. The van der Waals surface area contributed by atoms with Gasteiger partial charge < -0.3 is 9.47 Å². The number of thioether (sulfide) groups is 1. The third kappa shape index (κ3) is 3.98. The Labute approximate surface area is 178 Å². The van der Waals surface area contributed by atoms with Gasteiger partial charge in [0, 0.05) is 29.5 Å². The van der Waals surface area contributed by atoms with Crippen molar-refractivity contribution in [3.05, 3.63) is 28.4 Å². The molecule has 0 bridgehead atoms. The van der Waals surface area contributed by atoms with Gasteiger partial charge in [0.25, 0.3) is 0 Å². The molecular formula is C17H16Cl2N4O3S2. The van der Waals surface area contributed by atoms with Crippen molar-refractivity contribution in [2.45, 2.75) is 5.16 Å². The summed E-state index contributed by atoms with van der Waals surface area (Å²) in [5.41, 5.74) is 1.41. The lowest BCUT2D eigenvalue weighted by atomic mass is 10.1. The monoisotopic (exact) mass is 458 g/mol. The van der Waals surface area contributed by atoms with Crippen molar-refractivity contribution in [1.29, 1.82) is 0 Å². The van der Waals surface area contributed by atoms with Gasteiger partial charge in [-0.3, -0.25) is 4.72 Å². The Morgan fingerprint density at radius 1 is 1.11 bits per heavy atom. The van der Waals surface area contributed by atoms with Gasteiger partial charge >= 0.3 is 0 Å².